The van der Waals surface area contributed by atoms with Gasteiger partial charge in [0.25, 0.3) is 15.9 Å². The summed E-state index contributed by atoms with van der Waals surface area (Å²) in [6.45, 7) is 5.92. The molecule has 3 aromatic rings. The molecule has 8 heteroatoms. The first-order valence-electron chi connectivity index (χ1n) is 9.84. The van der Waals surface area contributed by atoms with Crippen LogP contribution in [-0.4, -0.2) is 19.3 Å². The number of hydrogen-bond donors (Lipinski definition) is 2. The number of rotatable bonds is 7. The average Bonchev–Trinajstić information content (AvgIpc) is 2.97. The third kappa shape index (κ3) is 5.91. The van der Waals surface area contributed by atoms with Crippen molar-refractivity contribution >= 4 is 50.0 Å². The van der Waals surface area contributed by atoms with Crippen molar-refractivity contribution in [3.8, 4) is 0 Å². The second kappa shape index (κ2) is 9.47. The smallest absolute Gasteiger partial charge is 0.265 e. The molecular formula is C23H24Cl2N2O3S. The van der Waals surface area contributed by atoms with Gasteiger partial charge in [-0.3, -0.25) is 4.79 Å². The molecule has 3 rings (SSSR count). The summed E-state index contributed by atoms with van der Waals surface area (Å²) in [5, 5.41) is 3.00. The lowest BCUT2D eigenvalue weighted by Crippen LogP contribution is -2.28. The molecule has 0 bridgehead atoms. The number of halogens is 2. The molecule has 164 valence electrons. The van der Waals surface area contributed by atoms with Crippen LogP contribution >= 0.6 is 23.2 Å². The molecule has 0 unspecified atom stereocenters. The van der Waals surface area contributed by atoms with Crippen LogP contribution in [0.2, 0.25) is 10.0 Å². The molecule has 5 nitrogen and oxygen atoms in total. The van der Waals surface area contributed by atoms with Gasteiger partial charge in [-0.1, -0.05) is 49.2 Å². The van der Waals surface area contributed by atoms with Crippen LogP contribution in [0, 0.1) is 12.8 Å². The molecule has 0 radical (unpaired) electrons. The van der Waals surface area contributed by atoms with E-state index < -0.39 is 15.9 Å². The summed E-state index contributed by atoms with van der Waals surface area (Å²) >= 11 is 12.3. The maximum Gasteiger partial charge on any atom is 0.265 e. The Morgan fingerprint density at radius 3 is 2.58 bits per heavy atom. The van der Waals surface area contributed by atoms with Crippen LogP contribution in [0.25, 0.3) is 10.9 Å². The van der Waals surface area contributed by atoms with Crippen LogP contribution in [0.4, 0.5) is 0 Å². The Morgan fingerprint density at radius 1 is 1.16 bits per heavy atom. The highest BCUT2D eigenvalue weighted by Gasteiger charge is 2.17. The number of H-pyrrole nitrogens is 1. The Morgan fingerprint density at radius 2 is 1.90 bits per heavy atom. The Labute approximate surface area is 192 Å². The zero-order chi connectivity index (χ0) is 22.8. The first-order chi connectivity index (χ1) is 14.6. The summed E-state index contributed by atoms with van der Waals surface area (Å²) in [7, 11) is -3.86. The number of carbonyl (C=O) groups excluding carboxylic acids is 1. The van der Waals surface area contributed by atoms with Crippen LogP contribution in [0.15, 0.2) is 47.9 Å². The molecule has 0 aliphatic heterocycles. The second-order valence-corrected chi connectivity index (χ2v) is 10.3. The number of amides is 1. The summed E-state index contributed by atoms with van der Waals surface area (Å²) < 4.78 is 26.5. The third-order valence-electron chi connectivity index (χ3n) is 4.88. The zero-order valence-corrected chi connectivity index (χ0v) is 19.8. The van der Waals surface area contributed by atoms with E-state index in [0.29, 0.717) is 28.8 Å². The maximum absolute atomic E-state index is 12.6. The molecule has 2 N–H and O–H groups in total. The van der Waals surface area contributed by atoms with Crippen molar-refractivity contribution in [3.63, 3.8) is 0 Å². The number of allylic oxidation sites excluding steroid dienone is 1. The van der Waals surface area contributed by atoms with Crippen molar-refractivity contribution in [1.29, 1.82) is 0 Å². The van der Waals surface area contributed by atoms with Gasteiger partial charge in [0.1, 0.15) is 0 Å². The highest BCUT2D eigenvalue weighted by molar-refractivity contribution is 7.92. The topological polar surface area (TPSA) is 79.0 Å². The minimum Gasteiger partial charge on any atom is -0.358 e. The lowest BCUT2D eigenvalue weighted by molar-refractivity contribution is 0.0982. The van der Waals surface area contributed by atoms with E-state index >= 15 is 0 Å². The van der Waals surface area contributed by atoms with Gasteiger partial charge in [0.15, 0.2) is 0 Å². The Bertz CT molecular complexity index is 1260. The maximum atomic E-state index is 12.6. The second-order valence-electron chi connectivity index (χ2n) is 7.88. The normalized spacial score (nSPS) is 12.2. The molecule has 0 fully saturated rings. The fraction of sp³-hybridized carbons (Fsp3) is 0.261. The third-order valence-corrected chi connectivity index (χ3v) is 6.49. The monoisotopic (exact) mass is 478 g/mol. The Balaban J connectivity index is 1.89. The number of aromatic amines is 1. The van der Waals surface area contributed by atoms with Crippen molar-refractivity contribution in [3.05, 3.63) is 80.3 Å². The van der Waals surface area contributed by atoms with Crippen molar-refractivity contribution in [2.45, 2.75) is 33.6 Å². The van der Waals surface area contributed by atoms with Crippen molar-refractivity contribution in [2.24, 2.45) is 5.92 Å². The van der Waals surface area contributed by atoms with E-state index in [2.05, 4.69) is 9.71 Å². The minimum absolute atomic E-state index is 0.260. The van der Waals surface area contributed by atoms with Crippen LogP contribution in [0.1, 0.15) is 47.4 Å². The van der Waals surface area contributed by atoms with Gasteiger partial charge in [-0.15, -0.1) is 0 Å². The first kappa shape index (κ1) is 23.4. The van der Waals surface area contributed by atoms with Crippen molar-refractivity contribution in [2.75, 3.05) is 0 Å². The van der Waals surface area contributed by atoms with Gasteiger partial charge in [0, 0.05) is 44.0 Å². The van der Waals surface area contributed by atoms with E-state index in [9.17, 15) is 13.2 Å². The molecule has 0 atom stereocenters. The van der Waals surface area contributed by atoms with Crippen molar-refractivity contribution < 1.29 is 13.2 Å². The van der Waals surface area contributed by atoms with Crippen LogP contribution in [0.3, 0.4) is 0 Å². The van der Waals surface area contributed by atoms with Crippen LogP contribution < -0.4 is 4.72 Å². The highest BCUT2D eigenvalue weighted by atomic mass is 35.5. The summed E-state index contributed by atoms with van der Waals surface area (Å²) in [4.78, 5) is 15.9. The molecular weight excluding hydrogens is 455 g/mol. The largest absolute Gasteiger partial charge is 0.358 e. The molecule has 1 amide bonds. The van der Waals surface area contributed by atoms with Gasteiger partial charge in [0.05, 0.1) is 0 Å². The average molecular weight is 479 g/mol. The fourth-order valence-electron chi connectivity index (χ4n) is 3.28. The SMILES string of the molecule is Cc1[nH]c2ccc(C(=O)NS(=O)(=O)/C=C/CC(C)C)cc2c1Cc1ccc(Cl)cc1Cl. The Hall–Kier alpha value is -2.28. The van der Waals surface area contributed by atoms with E-state index in [-0.39, 0.29) is 5.56 Å². The molecule has 0 aliphatic rings. The number of fused-ring (bicyclic) bond motifs is 1. The van der Waals surface area contributed by atoms with Gasteiger partial charge in [-0.25, -0.2) is 13.1 Å². The van der Waals surface area contributed by atoms with Gasteiger partial charge in [-0.05, 0) is 60.7 Å². The van der Waals surface area contributed by atoms with Gasteiger partial charge in [0.2, 0.25) is 0 Å². The molecule has 1 aromatic heterocycles. The standard InChI is InChI=1S/C23H24Cl2N2O3S/c1-14(2)5-4-10-31(29,30)27-23(28)17-7-9-22-20(12-17)19(15(3)26-22)11-16-6-8-18(24)13-21(16)25/h4,6-10,12-14,26H,5,11H2,1-3H3,(H,27,28)/b10-4+. The summed E-state index contributed by atoms with van der Waals surface area (Å²) in [5.41, 5.74) is 3.95. The van der Waals surface area contributed by atoms with E-state index in [1.807, 2.05) is 26.8 Å². The number of aryl methyl sites for hydroxylation is 1. The lowest BCUT2D eigenvalue weighted by Gasteiger charge is -2.07. The number of sulfonamides is 1. The summed E-state index contributed by atoms with van der Waals surface area (Å²) in [5.74, 6) is -0.348. The molecule has 0 saturated heterocycles. The van der Waals surface area contributed by atoms with Gasteiger partial charge in [-0.2, -0.15) is 0 Å². The predicted octanol–water partition coefficient (Wildman–Crippen LogP) is 5.99. The Kier molecular flexibility index (Phi) is 7.14. The number of benzene rings is 2. The molecule has 0 spiro atoms. The number of carbonyl (C=O) groups is 1. The van der Waals surface area contributed by atoms with Gasteiger partial charge < -0.3 is 4.98 Å². The van der Waals surface area contributed by atoms with E-state index in [4.69, 9.17) is 23.2 Å². The number of nitrogens with one attached hydrogen (secondary N) is 2. The van der Waals surface area contributed by atoms with E-state index in [0.717, 1.165) is 33.1 Å². The quantitative estimate of drug-likeness (QED) is 0.437. The zero-order valence-electron chi connectivity index (χ0n) is 17.5. The fourth-order valence-corrected chi connectivity index (χ4v) is 4.57. The minimum atomic E-state index is -3.86. The van der Waals surface area contributed by atoms with Crippen LogP contribution in [-0.2, 0) is 16.4 Å². The molecule has 0 aliphatic carbocycles. The first-order valence-corrected chi connectivity index (χ1v) is 12.1. The summed E-state index contributed by atoms with van der Waals surface area (Å²) in [6, 6.07) is 10.4. The van der Waals surface area contributed by atoms with Gasteiger partial charge >= 0.3 is 0 Å². The van der Waals surface area contributed by atoms with E-state index in [1.165, 1.54) is 0 Å². The predicted molar refractivity (Wildman–Crippen MR) is 127 cm³/mol. The molecule has 31 heavy (non-hydrogen) atoms. The number of aromatic nitrogens is 1. The lowest BCUT2D eigenvalue weighted by atomic mass is 10.0. The van der Waals surface area contributed by atoms with Crippen LogP contribution in [0.5, 0.6) is 0 Å². The summed E-state index contributed by atoms with van der Waals surface area (Å²) in [6.07, 6.45) is 2.70. The molecule has 1 heterocycles. The highest BCUT2D eigenvalue weighted by Crippen LogP contribution is 2.29. The molecule has 0 saturated carbocycles. The number of hydrogen-bond acceptors (Lipinski definition) is 3. The van der Waals surface area contributed by atoms with E-state index in [1.54, 1.807) is 36.4 Å². The molecule has 2 aromatic carbocycles. The van der Waals surface area contributed by atoms with Crippen molar-refractivity contribution in [1.82, 2.24) is 9.71 Å².